The van der Waals surface area contributed by atoms with Gasteiger partial charge in [-0.25, -0.2) is 0 Å². The summed E-state index contributed by atoms with van der Waals surface area (Å²) in [6.07, 6.45) is 5.86. The number of amides is 1. The standard InChI is InChI=1S/C27H35Cl2N5O/c1-3-13-34-20(2)21(19-25(34)23-9-4-5-11-30-23)27(35)31-12-7-14-32-15-17-33(18-16-32)24-10-6-8-22(28)26(24)29/h4-6,8-11,19-21H,3,7,12-18H2,1-2H3,(H,31,35). The molecule has 0 radical (unpaired) electrons. The monoisotopic (exact) mass is 515 g/mol. The van der Waals surface area contributed by atoms with E-state index in [0.29, 0.717) is 16.6 Å². The van der Waals surface area contributed by atoms with Gasteiger partial charge in [-0.05, 0) is 56.7 Å². The van der Waals surface area contributed by atoms with Crippen LogP contribution in [0.25, 0.3) is 5.70 Å². The Morgan fingerprint density at radius 2 is 1.89 bits per heavy atom. The molecule has 0 spiro atoms. The molecule has 3 heterocycles. The Kier molecular flexibility index (Phi) is 8.93. The van der Waals surface area contributed by atoms with Crippen LogP contribution in [-0.2, 0) is 4.79 Å². The van der Waals surface area contributed by atoms with Crippen molar-refractivity contribution in [2.75, 3.05) is 50.7 Å². The molecule has 35 heavy (non-hydrogen) atoms. The number of piperazine rings is 1. The van der Waals surface area contributed by atoms with Crippen LogP contribution in [0.1, 0.15) is 32.4 Å². The molecule has 1 saturated heterocycles. The average molecular weight is 517 g/mol. The third kappa shape index (κ3) is 6.11. The molecule has 2 unspecified atom stereocenters. The van der Waals surface area contributed by atoms with E-state index in [1.54, 1.807) is 0 Å². The number of rotatable bonds is 9. The zero-order valence-corrected chi connectivity index (χ0v) is 22.1. The molecule has 1 aromatic carbocycles. The van der Waals surface area contributed by atoms with Crippen LogP contribution in [0.4, 0.5) is 5.69 Å². The summed E-state index contributed by atoms with van der Waals surface area (Å²) in [7, 11) is 0. The van der Waals surface area contributed by atoms with Crippen molar-refractivity contribution in [2.45, 2.75) is 32.7 Å². The lowest BCUT2D eigenvalue weighted by molar-refractivity contribution is -0.124. The molecule has 1 fully saturated rings. The number of carbonyl (C=O) groups is 1. The van der Waals surface area contributed by atoms with Crippen LogP contribution < -0.4 is 10.2 Å². The fourth-order valence-electron chi connectivity index (χ4n) is 5.01. The van der Waals surface area contributed by atoms with Crippen molar-refractivity contribution in [3.8, 4) is 0 Å². The summed E-state index contributed by atoms with van der Waals surface area (Å²) in [6.45, 7) is 10.6. The van der Waals surface area contributed by atoms with E-state index in [2.05, 4.69) is 44.9 Å². The van der Waals surface area contributed by atoms with E-state index >= 15 is 0 Å². The van der Waals surface area contributed by atoms with E-state index in [-0.39, 0.29) is 17.9 Å². The van der Waals surface area contributed by atoms with E-state index < -0.39 is 0 Å². The van der Waals surface area contributed by atoms with Gasteiger partial charge < -0.3 is 15.1 Å². The Balaban J connectivity index is 1.24. The molecule has 4 rings (SSSR count). The number of nitrogens with zero attached hydrogens (tertiary/aromatic N) is 4. The number of pyridine rings is 1. The highest BCUT2D eigenvalue weighted by atomic mass is 35.5. The summed E-state index contributed by atoms with van der Waals surface area (Å²) in [5, 5.41) is 4.40. The molecule has 2 aliphatic rings. The maximum Gasteiger partial charge on any atom is 0.229 e. The molecule has 2 aromatic rings. The highest BCUT2D eigenvalue weighted by Crippen LogP contribution is 2.34. The van der Waals surface area contributed by atoms with E-state index in [4.69, 9.17) is 23.2 Å². The quantitative estimate of drug-likeness (QED) is 0.486. The third-order valence-electron chi connectivity index (χ3n) is 6.95. The number of halogens is 2. The lowest BCUT2D eigenvalue weighted by atomic mass is 10.0. The second-order valence-corrected chi connectivity index (χ2v) is 10.1. The molecule has 0 aliphatic carbocycles. The highest BCUT2D eigenvalue weighted by Gasteiger charge is 2.36. The predicted molar refractivity (Wildman–Crippen MR) is 145 cm³/mol. The number of hydrogen-bond acceptors (Lipinski definition) is 5. The lowest BCUT2D eigenvalue weighted by Crippen LogP contribution is -2.47. The van der Waals surface area contributed by atoms with Gasteiger partial charge in [0.25, 0.3) is 0 Å². The molecule has 188 valence electrons. The van der Waals surface area contributed by atoms with Gasteiger partial charge in [-0.15, -0.1) is 0 Å². The molecule has 1 amide bonds. The summed E-state index contributed by atoms with van der Waals surface area (Å²) in [5.41, 5.74) is 3.01. The van der Waals surface area contributed by atoms with Crippen molar-refractivity contribution in [1.29, 1.82) is 0 Å². The Morgan fingerprint density at radius 1 is 1.09 bits per heavy atom. The molecule has 0 bridgehead atoms. The fourth-order valence-corrected chi connectivity index (χ4v) is 5.42. The van der Waals surface area contributed by atoms with Crippen LogP contribution in [0.5, 0.6) is 0 Å². The number of hydrogen-bond donors (Lipinski definition) is 1. The first-order valence-corrected chi connectivity index (χ1v) is 13.3. The van der Waals surface area contributed by atoms with Crippen LogP contribution in [0.15, 0.2) is 48.7 Å². The molecular formula is C27H35Cl2N5O. The minimum Gasteiger partial charge on any atom is -0.368 e. The maximum absolute atomic E-state index is 13.0. The van der Waals surface area contributed by atoms with Gasteiger partial charge >= 0.3 is 0 Å². The first-order chi connectivity index (χ1) is 17.0. The summed E-state index contributed by atoms with van der Waals surface area (Å²) in [4.78, 5) is 24.6. The second-order valence-electron chi connectivity index (χ2n) is 9.27. The predicted octanol–water partition coefficient (Wildman–Crippen LogP) is 4.79. The van der Waals surface area contributed by atoms with Gasteiger partial charge in [-0.1, -0.05) is 42.3 Å². The summed E-state index contributed by atoms with van der Waals surface area (Å²) in [5.74, 6) is -0.0607. The Labute approximate surface area is 218 Å². The fraction of sp³-hybridized carbons (Fsp3) is 0.481. The Morgan fingerprint density at radius 3 is 2.60 bits per heavy atom. The van der Waals surface area contributed by atoms with Gasteiger partial charge in [0, 0.05) is 51.5 Å². The van der Waals surface area contributed by atoms with Gasteiger partial charge in [-0.3, -0.25) is 14.7 Å². The van der Waals surface area contributed by atoms with Crippen molar-refractivity contribution < 1.29 is 4.79 Å². The van der Waals surface area contributed by atoms with E-state index in [9.17, 15) is 4.79 Å². The van der Waals surface area contributed by atoms with Crippen LogP contribution in [0, 0.1) is 5.92 Å². The lowest BCUT2D eigenvalue weighted by Gasteiger charge is -2.36. The van der Waals surface area contributed by atoms with Crippen LogP contribution in [0.2, 0.25) is 10.0 Å². The van der Waals surface area contributed by atoms with E-state index in [1.807, 2.05) is 42.6 Å². The minimum absolute atomic E-state index is 0.102. The molecule has 2 atom stereocenters. The van der Waals surface area contributed by atoms with Gasteiger partial charge in [-0.2, -0.15) is 0 Å². The number of carbonyl (C=O) groups excluding carboxylic acids is 1. The second kappa shape index (κ2) is 12.1. The molecule has 8 heteroatoms. The summed E-state index contributed by atoms with van der Waals surface area (Å²) >= 11 is 12.6. The smallest absolute Gasteiger partial charge is 0.229 e. The van der Waals surface area contributed by atoms with Gasteiger partial charge in [0.05, 0.1) is 33.0 Å². The highest BCUT2D eigenvalue weighted by molar-refractivity contribution is 6.43. The molecule has 2 aliphatic heterocycles. The number of nitrogens with one attached hydrogen (secondary N) is 1. The molecule has 0 saturated carbocycles. The Bertz CT molecular complexity index is 1020. The van der Waals surface area contributed by atoms with Gasteiger partial charge in [0.2, 0.25) is 5.91 Å². The molecule has 1 aromatic heterocycles. The minimum atomic E-state index is -0.162. The molecular weight excluding hydrogens is 481 g/mol. The number of benzene rings is 1. The zero-order valence-electron chi connectivity index (χ0n) is 20.6. The Hall–Kier alpha value is -2.28. The van der Waals surface area contributed by atoms with Gasteiger partial charge in [0.1, 0.15) is 0 Å². The van der Waals surface area contributed by atoms with Gasteiger partial charge in [0.15, 0.2) is 0 Å². The van der Waals surface area contributed by atoms with Crippen molar-refractivity contribution >= 4 is 40.5 Å². The van der Waals surface area contributed by atoms with Crippen LogP contribution >= 0.6 is 23.2 Å². The maximum atomic E-state index is 13.0. The van der Waals surface area contributed by atoms with E-state index in [0.717, 1.165) is 69.2 Å². The SMILES string of the molecule is CCCN1C(c2ccccn2)=CC(C(=O)NCCCN2CCN(c3cccc(Cl)c3Cl)CC2)C1C. The zero-order chi connectivity index (χ0) is 24.8. The van der Waals surface area contributed by atoms with Crippen molar-refractivity contribution in [1.82, 2.24) is 20.1 Å². The first-order valence-electron chi connectivity index (χ1n) is 12.6. The average Bonchev–Trinajstić information content (AvgIpc) is 3.21. The normalized spacial score (nSPS) is 20.7. The first kappa shape index (κ1) is 25.8. The largest absolute Gasteiger partial charge is 0.368 e. The van der Waals surface area contributed by atoms with Crippen molar-refractivity contribution in [2.24, 2.45) is 5.92 Å². The topological polar surface area (TPSA) is 51.7 Å². The molecule has 6 nitrogen and oxygen atoms in total. The van der Waals surface area contributed by atoms with Crippen molar-refractivity contribution in [3.63, 3.8) is 0 Å². The van der Waals surface area contributed by atoms with E-state index in [1.165, 1.54) is 0 Å². The van der Waals surface area contributed by atoms with Crippen LogP contribution in [-0.4, -0.2) is 72.5 Å². The summed E-state index contributed by atoms with van der Waals surface area (Å²) < 4.78 is 0. The summed E-state index contributed by atoms with van der Waals surface area (Å²) in [6, 6.07) is 11.8. The number of aromatic nitrogens is 1. The number of anilines is 1. The van der Waals surface area contributed by atoms with Crippen LogP contribution in [0.3, 0.4) is 0 Å². The van der Waals surface area contributed by atoms with Crippen molar-refractivity contribution in [3.05, 3.63) is 64.4 Å². The molecule has 1 N–H and O–H groups in total. The third-order valence-corrected chi connectivity index (χ3v) is 7.76.